The summed E-state index contributed by atoms with van der Waals surface area (Å²) in [5.74, 6) is -0.914. The fourth-order valence-corrected chi connectivity index (χ4v) is 6.07. The number of rotatable bonds is 3. The summed E-state index contributed by atoms with van der Waals surface area (Å²) in [5, 5.41) is 14.5. The number of para-hydroxylation sites is 1. The van der Waals surface area contributed by atoms with Crippen LogP contribution in [0.3, 0.4) is 0 Å². The molecule has 0 aliphatic heterocycles. The van der Waals surface area contributed by atoms with Crippen LogP contribution in [0.4, 0.5) is 0 Å². The molecule has 1 aromatic heterocycles. The van der Waals surface area contributed by atoms with Crippen molar-refractivity contribution in [3.8, 4) is 28.2 Å². The van der Waals surface area contributed by atoms with Crippen LogP contribution in [0.2, 0.25) is 0 Å². The van der Waals surface area contributed by atoms with Crippen molar-refractivity contribution in [1.82, 2.24) is 9.78 Å². The summed E-state index contributed by atoms with van der Waals surface area (Å²) < 4.78 is 2.10. The number of aryl methyl sites for hydroxylation is 1. The molecule has 4 nitrogen and oxygen atoms in total. The fourth-order valence-electron chi connectivity index (χ4n) is 6.07. The summed E-state index contributed by atoms with van der Waals surface area (Å²) in [5.41, 5.74) is 11.6. The minimum Gasteiger partial charge on any atom is -0.478 e. The Morgan fingerprint density at radius 3 is 2.14 bits per heavy atom. The molecule has 6 rings (SSSR count). The third-order valence-corrected chi connectivity index (χ3v) is 8.37. The number of aromatic carboxylic acids is 1. The van der Waals surface area contributed by atoms with Crippen molar-refractivity contribution in [3.63, 3.8) is 0 Å². The maximum atomic E-state index is 11.4. The number of carboxylic acid groups (broad SMARTS) is 1. The van der Waals surface area contributed by atoms with Crippen molar-refractivity contribution in [2.24, 2.45) is 0 Å². The summed E-state index contributed by atoms with van der Waals surface area (Å²) in [4.78, 5) is 11.4. The van der Waals surface area contributed by atoms with Gasteiger partial charge in [0.25, 0.3) is 0 Å². The van der Waals surface area contributed by atoms with Gasteiger partial charge in [0.1, 0.15) is 0 Å². The van der Waals surface area contributed by atoms with E-state index in [-0.39, 0.29) is 16.4 Å². The third kappa shape index (κ3) is 3.50. The molecule has 0 amide bonds. The first kappa shape index (κ1) is 22.8. The Kier molecular flexibility index (Phi) is 5.01. The molecule has 0 fully saturated rings. The van der Waals surface area contributed by atoms with Gasteiger partial charge < -0.3 is 5.11 Å². The van der Waals surface area contributed by atoms with Gasteiger partial charge in [0.05, 0.1) is 22.6 Å². The van der Waals surface area contributed by atoms with Crippen LogP contribution in [0.5, 0.6) is 0 Å². The summed E-state index contributed by atoms with van der Waals surface area (Å²) in [6.07, 6.45) is 4.27. The average Bonchev–Trinajstić information content (AvgIpc) is 3.27. The second-order valence-corrected chi connectivity index (χ2v) is 11.6. The maximum absolute atomic E-state index is 11.4. The molecule has 0 saturated carbocycles. The number of benzene rings is 3. The first-order chi connectivity index (χ1) is 17.2. The number of aromatic nitrogens is 2. The van der Waals surface area contributed by atoms with Gasteiger partial charge in [-0.25, -0.2) is 9.48 Å². The molecule has 0 radical (unpaired) electrons. The Hall–Kier alpha value is -3.66. The molecule has 1 heterocycles. The highest BCUT2D eigenvalue weighted by Gasteiger charge is 2.39. The van der Waals surface area contributed by atoms with E-state index in [1.165, 1.54) is 46.4 Å². The van der Waals surface area contributed by atoms with Crippen molar-refractivity contribution >= 4 is 5.97 Å². The minimum absolute atomic E-state index is 0.130. The highest BCUT2D eigenvalue weighted by Crippen LogP contribution is 2.50. The van der Waals surface area contributed by atoms with Crippen LogP contribution < -0.4 is 0 Å². The monoisotopic (exact) mass is 476 g/mol. The van der Waals surface area contributed by atoms with Gasteiger partial charge in [-0.1, -0.05) is 64.1 Å². The Morgan fingerprint density at radius 1 is 0.861 bits per heavy atom. The molecule has 0 saturated heterocycles. The van der Waals surface area contributed by atoms with Gasteiger partial charge in [-0.3, -0.25) is 0 Å². The summed E-state index contributed by atoms with van der Waals surface area (Å²) >= 11 is 0. The standard InChI is InChI=1S/C32H32N2O2/c1-31(2)16-17-32(3,4)27-19-25-22(18-26(27)31)14-15-24-28(20-10-12-21(13-11-20)30(35)36)33-34(29(24)25)23-8-6-5-7-9-23/h5-13,18-19H,14-17H2,1-4H3,(H,35,36). The van der Waals surface area contributed by atoms with Gasteiger partial charge in [-0.05, 0) is 83.5 Å². The Bertz CT molecular complexity index is 1490. The van der Waals surface area contributed by atoms with E-state index in [2.05, 4.69) is 56.6 Å². The van der Waals surface area contributed by atoms with Crippen molar-refractivity contribution < 1.29 is 9.90 Å². The molecule has 2 aliphatic rings. The van der Waals surface area contributed by atoms with Gasteiger partial charge in [-0.15, -0.1) is 0 Å². The van der Waals surface area contributed by atoms with Crippen LogP contribution in [-0.4, -0.2) is 20.9 Å². The predicted molar refractivity (Wildman–Crippen MR) is 144 cm³/mol. The topological polar surface area (TPSA) is 55.1 Å². The molecule has 4 heteroatoms. The average molecular weight is 477 g/mol. The lowest BCUT2D eigenvalue weighted by atomic mass is 9.62. The first-order valence-corrected chi connectivity index (χ1v) is 12.8. The smallest absolute Gasteiger partial charge is 0.335 e. The largest absolute Gasteiger partial charge is 0.478 e. The van der Waals surface area contributed by atoms with Crippen LogP contribution in [0.1, 0.15) is 73.1 Å². The zero-order valence-electron chi connectivity index (χ0n) is 21.4. The number of fused-ring (bicyclic) bond motifs is 4. The maximum Gasteiger partial charge on any atom is 0.335 e. The van der Waals surface area contributed by atoms with Crippen molar-refractivity contribution in [2.45, 2.75) is 64.2 Å². The van der Waals surface area contributed by atoms with E-state index in [0.29, 0.717) is 0 Å². The quantitative estimate of drug-likeness (QED) is 0.336. The van der Waals surface area contributed by atoms with E-state index in [1.807, 2.05) is 30.3 Å². The number of carboxylic acids is 1. The van der Waals surface area contributed by atoms with E-state index in [1.54, 1.807) is 12.1 Å². The third-order valence-electron chi connectivity index (χ3n) is 8.37. The zero-order chi connectivity index (χ0) is 25.2. The van der Waals surface area contributed by atoms with E-state index in [0.717, 1.165) is 29.8 Å². The molecular formula is C32H32N2O2. The first-order valence-electron chi connectivity index (χ1n) is 12.8. The molecular weight excluding hydrogens is 444 g/mol. The summed E-state index contributed by atoms with van der Waals surface area (Å²) in [6.45, 7) is 9.52. The second-order valence-electron chi connectivity index (χ2n) is 11.6. The molecule has 0 spiro atoms. The molecule has 36 heavy (non-hydrogen) atoms. The molecule has 0 unspecified atom stereocenters. The Balaban J connectivity index is 1.61. The molecule has 3 aromatic carbocycles. The number of hydrogen-bond donors (Lipinski definition) is 1. The molecule has 182 valence electrons. The van der Waals surface area contributed by atoms with E-state index >= 15 is 0 Å². The highest BCUT2D eigenvalue weighted by molar-refractivity contribution is 5.88. The molecule has 2 aliphatic carbocycles. The SMILES string of the molecule is CC1(C)CCC(C)(C)c2cc3c(cc21)CCc1c(-c2ccc(C(=O)O)cc2)nn(-c2ccccc2)c1-3. The van der Waals surface area contributed by atoms with Crippen LogP contribution in [0, 0.1) is 0 Å². The van der Waals surface area contributed by atoms with E-state index in [4.69, 9.17) is 5.10 Å². The van der Waals surface area contributed by atoms with Gasteiger partial charge in [-0.2, -0.15) is 5.10 Å². The second kappa shape index (κ2) is 7.92. The molecule has 4 aromatic rings. The molecule has 0 atom stereocenters. The molecule has 0 bridgehead atoms. The summed E-state index contributed by atoms with van der Waals surface area (Å²) in [6, 6.07) is 22.4. The lowest BCUT2D eigenvalue weighted by molar-refractivity contribution is 0.0697. The molecule has 1 N–H and O–H groups in total. The number of nitrogens with zero attached hydrogens (tertiary/aromatic N) is 2. The van der Waals surface area contributed by atoms with Crippen LogP contribution in [-0.2, 0) is 23.7 Å². The van der Waals surface area contributed by atoms with Gasteiger partial charge in [0.15, 0.2) is 0 Å². The van der Waals surface area contributed by atoms with Crippen LogP contribution in [0.15, 0.2) is 66.7 Å². The van der Waals surface area contributed by atoms with Crippen molar-refractivity contribution in [3.05, 3.63) is 94.5 Å². The van der Waals surface area contributed by atoms with Gasteiger partial charge >= 0.3 is 5.97 Å². The highest BCUT2D eigenvalue weighted by atomic mass is 16.4. The lowest BCUT2D eigenvalue weighted by Gasteiger charge is -2.43. The van der Waals surface area contributed by atoms with Gasteiger partial charge in [0.2, 0.25) is 0 Å². The predicted octanol–water partition coefficient (Wildman–Crippen LogP) is 7.35. The lowest BCUT2D eigenvalue weighted by Crippen LogP contribution is -2.34. The Morgan fingerprint density at radius 2 is 1.50 bits per heavy atom. The minimum atomic E-state index is -0.914. The van der Waals surface area contributed by atoms with E-state index in [9.17, 15) is 9.90 Å². The summed E-state index contributed by atoms with van der Waals surface area (Å²) in [7, 11) is 0. The Labute approximate surface area is 212 Å². The van der Waals surface area contributed by atoms with Crippen LogP contribution in [0.25, 0.3) is 28.2 Å². The normalized spacial score (nSPS) is 17.1. The zero-order valence-corrected chi connectivity index (χ0v) is 21.4. The number of carbonyl (C=O) groups is 1. The van der Waals surface area contributed by atoms with Crippen molar-refractivity contribution in [1.29, 1.82) is 0 Å². The van der Waals surface area contributed by atoms with Crippen LogP contribution >= 0.6 is 0 Å². The van der Waals surface area contributed by atoms with Crippen molar-refractivity contribution in [2.75, 3.05) is 0 Å². The number of hydrogen-bond acceptors (Lipinski definition) is 2. The van der Waals surface area contributed by atoms with E-state index < -0.39 is 5.97 Å². The fraction of sp³-hybridized carbons (Fsp3) is 0.312. The van der Waals surface area contributed by atoms with Gasteiger partial charge in [0, 0.05) is 16.7 Å².